The van der Waals surface area contributed by atoms with Crippen LogP contribution in [0.2, 0.25) is 0 Å². The highest BCUT2D eigenvalue weighted by Crippen LogP contribution is 2.35. The molecule has 0 amide bonds. The van der Waals surface area contributed by atoms with Crippen LogP contribution in [0.4, 0.5) is 29.3 Å². The molecule has 1 saturated heterocycles. The first-order chi connectivity index (χ1) is 13.1. The van der Waals surface area contributed by atoms with Gasteiger partial charge >= 0.3 is 6.18 Å². The topological polar surface area (TPSA) is 67.7 Å². The van der Waals surface area contributed by atoms with Gasteiger partial charge in [-0.2, -0.15) is 22.5 Å². The van der Waals surface area contributed by atoms with Crippen molar-refractivity contribution < 1.29 is 27.1 Å². The maximum absolute atomic E-state index is 14.7. The number of hydrogen-bond donors (Lipinski definition) is 0. The Labute approximate surface area is 158 Å². The summed E-state index contributed by atoms with van der Waals surface area (Å²) >= 11 is 0. The van der Waals surface area contributed by atoms with E-state index in [-0.39, 0.29) is 50.5 Å². The number of carbonyl (C=O) groups is 1. The molecular weight excluding hydrogens is 384 g/mol. The lowest BCUT2D eigenvalue weighted by atomic mass is 10.1. The molecule has 1 aromatic rings. The molecule has 3 rings (SSSR count). The van der Waals surface area contributed by atoms with Crippen LogP contribution in [0.3, 0.4) is 0 Å². The van der Waals surface area contributed by atoms with Crippen LogP contribution in [0.1, 0.15) is 26.7 Å². The molecule has 1 fully saturated rings. The number of Topliss-reactive ketones (excluding diaryl/α,β-unsaturated/α-hetero) is 1. The fraction of sp³-hybridized carbons (Fsp3) is 0.706. The van der Waals surface area contributed by atoms with Gasteiger partial charge in [0, 0.05) is 19.5 Å². The molecule has 0 saturated carbocycles. The minimum Gasteiger partial charge on any atom is -0.377 e. The summed E-state index contributed by atoms with van der Waals surface area (Å²) in [6.45, 7) is 3.24. The SMILES string of the molecule is CCC(=O)CN1c2nc(N3CCOC[C@H]3C)c(F)c(=O)n2CC[C@H]1C(F)(F)F. The second-order valence-electron chi connectivity index (χ2n) is 6.99. The number of halogens is 4. The number of rotatable bonds is 4. The molecule has 3 heterocycles. The highest BCUT2D eigenvalue weighted by Gasteiger charge is 2.47. The molecule has 28 heavy (non-hydrogen) atoms. The smallest absolute Gasteiger partial charge is 0.377 e. The van der Waals surface area contributed by atoms with Crippen molar-refractivity contribution in [2.45, 2.75) is 51.5 Å². The van der Waals surface area contributed by atoms with E-state index in [1.54, 1.807) is 13.8 Å². The Morgan fingerprint density at radius 2 is 2.04 bits per heavy atom. The molecule has 11 heteroatoms. The Balaban J connectivity index is 2.13. The zero-order valence-electron chi connectivity index (χ0n) is 15.6. The van der Waals surface area contributed by atoms with Crippen molar-refractivity contribution in [3.63, 3.8) is 0 Å². The number of fused-ring (bicyclic) bond motifs is 1. The highest BCUT2D eigenvalue weighted by molar-refractivity contribution is 5.83. The maximum atomic E-state index is 14.7. The first-order valence-corrected chi connectivity index (χ1v) is 9.14. The molecule has 0 spiro atoms. The summed E-state index contributed by atoms with van der Waals surface area (Å²) < 4.78 is 61.6. The summed E-state index contributed by atoms with van der Waals surface area (Å²) in [7, 11) is 0. The van der Waals surface area contributed by atoms with Crippen LogP contribution in [0.25, 0.3) is 0 Å². The van der Waals surface area contributed by atoms with E-state index < -0.39 is 42.3 Å². The molecule has 7 nitrogen and oxygen atoms in total. The molecule has 2 atom stereocenters. The Kier molecular flexibility index (Phi) is 5.64. The molecule has 0 N–H and O–H groups in total. The zero-order chi connectivity index (χ0) is 20.6. The molecule has 0 radical (unpaired) electrons. The average Bonchev–Trinajstić information content (AvgIpc) is 2.64. The Morgan fingerprint density at radius 1 is 1.32 bits per heavy atom. The van der Waals surface area contributed by atoms with Gasteiger partial charge in [-0.3, -0.25) is 14.2 Å². The van der Waals surface area contributed by atoms with Gasteiger partial charge in [0.15, 0.2) is 11.6 Å². The van der Waals surface area contributed by atoms with Crippen LogP contribution in [0.5, 0.6) is 0 Å². The molecule has 1 aromatic heterocycles. The quantitative estimate of drug-likeness (QED) is 0.710. The van der Waals surface area contributed by atoms with Gasteiger partial charge in [0.2, 0.25) is 11.8 Å². The number of aromatic nitrogens is 2. The van der Waals surface area contributed by atoms with Gasteiger partial charge in [-0.05, 0) is 13.3 Å². The van der Waals surface area contributed by atoms with Crippen molar-refractivity contribution >= 4 is 17.5 Å². The van der Waals surface area contributed by atoms with Crippen LogP contribution >= 0.6 is 0 Å². The van der Waals surface area contributed by atoms with E-state index in [2.05, 4.69) is 4.98 Å². The summed E-state index contributed by atoms with van der Waals surface area (Å²) in [6.07, 6.45) is -5.03. The Bertz CT molecular complexity index is 811. The third kappa shape index (κ3) is 3.71. The van der Waals surface area contributed by atoms with Gasteiger partial charge in [0.1, 0.15) is 6.04 Å². The van der Waals surface area contributed by atoms with Crippen molar-refractivity contribution in [3.8, 4) is 0 Å². The third-order valence-corrected chi connectivity index (χ3v) is 5.09. The monoisotopic (exact) mass is 406 g/mol. The molecule has 0 aromatic carbocycles. The van der Waals surface area contributed by atoms with E-state index in [9.17, 15) is 27.2 Å². The predicted molar refractivity (Wildman–Crippen MR) is 93.2 cm³/mol. The van der Waals surface area contributed by atoms with Gasteiger partial charge in [0.05, 0.1) is 25.8 Å². The lowest BCUT2D eigenvalue weighted by molar-refractivity contribution is -0.153. The summed E-state index contributed by atoms with van der Waals surface area (Å²) in [4.78, 5) is 30.9. The van der Waals surface area contributed by atoms with E-state index >= 15 is 0 Å². The van der Waals surface area contributed by atoms with Crippen molar-refractivity contribution in [2.24, 2.45) is 0 Å². The van der Waals surface area contributed by atoms with Crippen LogP contribution in [-0.4, -0.2) is 59.9 Å². The largest absolute Gasteiger partial charge is 0.408 e. The minimum absolute atomic E-state index is 0.0415. The van der Waals surface area contributed by atoms with Crippen molar-refractivity contribution in [3.05, 3.63) is 16.2 Å². The lowest BCUT2D eigenvalue weighted by Crippen LogP contribution is -2.55. The first kappa shape index (κ1) is 20.6. The molecule has 0 unspecified atom stereocenters. The molecule has 156 valence electrons. The minimum atomic E-state index is -4.61. The van der Waals surface area contributed by atoms with Gasteiger partial charge in [0.25, 0.3) is 5.56 Å². The fourth-order valence-electron chi connectivity index (χ4n) is 3.53. The molecule has 2 aliphatic heterocycles. The van der Waals surface area contributed by atoms with E-state index in [0.29, 0.717) is 0 Å². The lowest BCUT2D eigenvalue weighted by Gasteiger charge is -2.40. The first-order valence-electron chi connectivity index (χ1n) is 9.14. The standard InChI is InChI=1S/C17H22F4N4O3/c1-3-11(26)8-25-12(17(19,20)21)4-5-24-15(27)13(18)14(22-16(24)25)23-6-7-28-9-10(23)2/h10,12H,3-9H2,1-2H3/t10-,12+/m1/s1. The summed E-state index contributed by atoms with van der Waals surface area (Å²) in [6, 6.07) is -2.26. The van der Waals surface area contributed by atoms with Gasteiger partial charge in [-0.1, -0.05) is 6.92 Å². The van der Waals surface area contributed by atoms with Crippen molar-refractivity contribution in [1.82, 2.24) is 9.55 Å². The number of ether oxygens (including phenoxy) is 1. The van der Waals surface area contributed by atoms with Crippen LogP contribution in [0, 0.1) is 5.82 Å². The molecule has 0 aliphatic carbocycles. The second kappa shape index (κ2) is 7.69. The van der Waals surface area contributed by atoms with E-state index in [1.807, 2.05) is 0 Å². The van der Waals surface area contributed by atoms with Gasteiger partial charge in [-0.25, -0.2) is 0 Å². The van der Waals surface area contributed by atoms with Crippen molar-refractivity contribution in [1.29, 1.82) is 0 Å². The fourth-order valence-corrected chi connectivity index (χ4v) is 3.53. The van der Waals surface area contributed by atoms with E-state index in [0.717, 1.165) is 9.47 Å². The van der Waals surface area contributed by atoms with Gasteiger partial charge in [-0.15, -0.1) is 0 Å². The maximum Gasteiger partial charge on any atom is 0.408 e. The number of morpholine rings is 1. The molecule has 2 aliphatic rings. The molecular formula is C17H22F4N4O3. The Hall–Kier alpha value is -2.17. The van der Waals surface area contributed by atoms with Crippen LogP contribution in [0.15, 0.2) is 4.79 Å². The molecule has 0 bridgehead atoms. The van der Waals surface area contributed by atoms with E-state index in [4.69, 9.17) is 4.74 Å². The van der Waals surface area contributed by atoms with Crippen LogP contribution < -0.4 is 15.4 Å². The number of carbonyl (C=O) groups excluding carboxylic acids is 1. The summed E-state index contributed by atoms with van der Waals surface area (Å²) in [5.74, 6) is -2.16. The van der Waals surface area contributed by atoms with Crippen molar-refractivity contribution in [2.75, 3.05) is 36.1 Å². The number of hydrogen-bond acceptors (Lipinski definition) is 6. The van der Waals surface area contributed by atoms with Gasteiger partial charge < -0.3 is 14.5 Å². The Morgan fingerprint density at radius 3 is 2.64 bits per heavy atom. The number of alkyl halides is 3. The average molecular weight is 406 g/mol. The van der Waals surface area contributed by atoms with E-state index in [1.165, 1.54) is 4.90 Å². The normalized spacial score (nSPS) is 22.9. The summed E-state index contributed by atoms with van der Waals surface area (Å²) in [5.41, 5.74) is -1.03. The van der Waals surface area contributed by atoms with Crippen LogP contribution in [-0.2, 0) is 16.1 Å². The zero-order valence-corrected chi connectivity index (χ0v) is 15.6. The third-order valence-electron chi connectivity index (χ3n) is 5.09. The predicted octanol–water partition coefficient (Wildman–Crippen LogP) is 1.73. The highest BCUT2D eigenvalue weighted by atomic mass is 19.4. The second-order valence-corrected chi connectivity index (χ2v) is 6.99. The number of nitrogens with zero attached hydrogens (tertiary/aromatic N) is 4. The number of ketones is 1. The summed E-state index contributed by atoms with van der Waals surface area (Å²) in [5, 5.41) is 0. The number of anilines is 2.